The summed E-state index contributed by atoms with van der Waals surface area (Å²) in [6.45, 7) is 0. The molecule has 0 radical (unpaired) electrons. The molecule has 184 valence electrons. The topological polar surface area (TPSA) is 75.3 Å². The Morgan fingerprint density at radius 3 is 2.27 bits per heavy atom. The summed E-state index contributed by atoms with van der Waals surface area (Å²) in [7, 11) is 0. The molecule has 0 saturated carbocycles. The molecule has 2 N–H and O–H groups in total. The molecule has 0 bridgehead atoms. The number of anilines is 1. The number of hydrogen-bond donors (Lipinski definition) is 2. The molecular weight excluding hydrogens is 527 g/mol. The molecule has 0 aliphatic heterocycles. The summed E-state index contributed by atoms with van der Waals surface area (Å²) in [5, 5.41) is 10.1. The number of halogens is 2. The zero-order valence-electron chi connectivity index (χ0n) is 19.3. The van der Waals surface area contributed by atoms with Crippen molar-refractivity contribution in [2.75, 3.05) is 5.32 Å². The molecule has 0 aliphatic carbocycles. The largest absolute Gasteiger partial charge is 0.321 e. The van der Waals surface area contributed by atoms with Gasteiger partial charge < -0.3 is 10.6 Å². The van der Waals surface area contributed by atoms with Gasteiger partial charge in [-0.05, 0) is 88.6 Å². The summed E-state index contributed by atoms with van der Waals surface area (Å²) in [6, 6.07) is 21.8. The Bertz CT molecular complexity index is 1480. The highest BCUT2D eigenvalue weighted by atomic mass is 35.5. The standard InChI is InChI=1S/C29H20Cl2N2O3S/c30-23-10-7-22(25(31)17-23)16-26(33-28(35)21-4-2-1-3-5-21)29(36)32-24-11-8-20(9-12-24)27(34)13-6-19-14-15-37-18-19/h1-18H,(H,32,36)(H,33,35)/b13-6+,26-16-. The number of amides is 2. The predicted molar refractivity (Wildman–Crippen MR) is 151 cm³/mol. The molecule has 3 aromatic carbocycles. The van der Waals surface area contributed by atoms with Gasteiger partial charge in [0.15, 0.2) is 5.78 Å². The van der Waals surface area contributed by atoms with Gasteiger partial charge in [0.1, 0.15) is 5.70 Å². The quantitative estimate of drug-likeness (QED) is 0.179. The molecule has 4 aromatic rings. The summed E-state index contributed by atoms with van der Waals surface area (Å²) < 4.78 is 0. The lowest BCUT2D eigenvalue weighted by Crippen LogP contribution is -2.30. The van der Waals surface area contributed by atoms with E-state index in [1.165, 1.54) is 12.2 Å². The highest BCUT2D eigenvalue weighted by Crippen LogP contribution is 2.23. The summed E-state index contributed by atoms with van der Waals surface area (Å²) in [6.07, 6.45) is 4.73. The van der Waals surface area contributed by atoms with E-state index in [0.717, 1.165) is 5.56 Å². The van der Waals surface area contributed by atoms with Crippen molar-refractivity contribution in [1.82, 2.24) is 5.32 Å². The van der Waals surface area contributed by atoms with Crippen LogP contribution >= 0.6 is 34.5 Å². The summed E-state index contributed by atoms with van der Waals surface area (Å²) >= 11 is 13.8. The molecule has 4 rings (SSSR count). The van der Waals surface area contributed by atoms with Crippen LogP contribution in [0, 0.1) is 0 Å². The molecule has 0 aliphatic rings. The van der Waals surface area contributed by atoms with Crippen molar-refractivity contribution in [2.45, 2.75) is 0 Å². The minimum absolute atomic E-state index is 0.0167. The van der Waals surface area contributed by atoms with E-state index in [9.17, 15) is 14.4 Å². The van der Waals surface area contributed by atoms with Crippen LogP contribution in [0.3, 0.4) is 0 Å². The minimum atomic E-state index is -0.563. The predicted octanol–water partition coefficient (Wildman–Crippen LogP) is 7.36. The first kappa shape index (κ1) is 26.1. The molecule has 5 nitrogen and oxygen atoms in total. The number of nitrogens with one attached hydrogen (secondary N) is 2. The normalized spacial score (nSPS) is 11.4. The van der Waals surface area contributed by atoms with E-state index in [-0.39, 0.29) is 11.5 Å². The van der Waals surface area contributed by atoms with Crippen molar-refractivity contribution in [3.63, 3.8) is 0 Å². The first-order chi connectivity index (χ1) is 17.9. The monoisotopic (exact) mass is 546 g/mol. The van der Waals surface area contributed by atoms with Crippen molar-refractivity contribution in [3.05, 3.63) is 134 Å². The summed E-state index contributed by atoms with van der Waals surface area (Å²) in [4.78, 5) is 38.4. The van der Waals surface area contributed by atoms with Crippen molar-refractivity contribution >= 4 is 70.0 Å². The number of hydrogen-bond acceptors (Lipinski definition) is 4. The van der Waals surface area contributed by atoms with Crippen LogP contribution in [0.2, 0.25) is 10.0 Å². The van der Waals surface area contributed by atoms with E-state index in [0.29, 0.717) is 32.4 Å². The highest BCUT2D eigenvalue weighted by molar-refractivity contribution is 7.08. The van der Waals surface area contributed by atoms with Gasteiger partial charge in [-0.2, -0.15) is 11.3 Å². The Morgan fingerprint density at radius 1 is 0.838 bits per heavy atom. The molecule has 0 spiro atoms. The first-order valence-electron chi connectivity index (χ1n) is 11.1. The van der Waals surface area contributed by atoms with Gasteiger partial charge in [0.05, 0.1) is 0 Å². The second-order valence-electron chi connectivity index (χ2n) is 7.83. The lowest BCUT2D eigenvalue weighted by atomic mass is 10.1. The fourth-order valence-electron chi connectivity index (χ4n) is 3.27. The third kappa shape index (κ3) is 7.27. The van der Waals surface area contributed by atoms with Crippen LogP contribution in [0.25, 0.3) is 12.2 Å². The molecule has 1 aromatic heterocycles. The van der Waals surface area contributed by atoms with Crippen LogP contribution in [-0.2, 0) is 4.79 Å². The van der Waals surface area contributed by atoms with E-state index < -0.39 is 11.8 Å². The molecule has 37 heavy (non-hydrogen) atoms. The SMILES string of the molecule is O=C(Nc1ccc(C(=O)/C=C/c2ccsc2)cc1)/C(=C/c1ccc(Cl)cc1Cl)NC(=O)c1ccccc1. The lowest BCUT2D eigenvalue weighted by Gasteiger charge is -2.12. The second-order valence-corrected chi connectivity index (χ2v) is 9.45. The smallest absolute Gasteiger partial charge is 0.272 e. The molecule has 0 atom stereocenters. The van der Waals surface area contributed by atoms with Crippen molar-refractivity contribution in [3.8, 4) is 0 Å². The average molecular weight is 547 g/mol. The third-order valence-electron chi connectivity index (χ3n) is 5.19. The van der Waals surface area contributed by atoms with Crippen molar-refractivity contribution in [2.24, 2.45) is 0 Å². The van der Waals surface area contributed by atoms with Crippen LogP contribution in [0.1, 0.15) is 31.8 Å². The maximum absolute atomic E-state index is 13.2. The van der Waals surface area contributed by atoms with Gasteiger partial charge in [-0.25, -0.2) is 0 Å². The highest BCUT2D eigenvalue weighted by Gasteiger charge is 2.16. The van der Waals surface area contributed by atoms with Crippen LogP contribution in [0.5, 0.6) is 0 Å². The number of carbonyl (C=O) groups excluding carboxylic acids is 3. The number of rotatable bonds is 8. The number of allylic oxidation sites excluding steroid dienone is 1. The van der Waals surface area contributed by atoms with Crippen LogP contribution in [-0.4, -0.2) is 17.6 Å². The summed E-state index contributed by atoms with van der Waals surface area (Å²) in [5.74, 6) is -1.17. The Balaban J connectivity index is 1.53. The number of ketones is 1. The molecule has 8 heteroatoms. The van der Waals surface area contributed by atoms with Crippen LogP contribution < -0.4 is 10.6 Å². The Morgan fingerprint density at radius 2 is 1.59 bits per heavy atom. The van der Waals surface area contributed by atoms with Crippen LogP contribution in [0.15, 0.2) is 101 Å². The first-order valence-corrected chi connectivity index (χ1v) is 12.8. The summed E-state index contributed by atoms with van der Waals surface area (Å²) in [5.41, 5.74) is 2.76. The number of benzene rings is 3. The van der Waals surface area contributed by atoms with E-state index >= 15 is 0 Å². The zero-order valence-corrected chi connectivity index (χ0v) is 21.6. The van der Waals surface area contributed by atoms with Gasteiger partial charge in [-0.1, -0.05) is 53.5 Å². The Hall–Kier alpha value is -3.97. The molecule has 1 heterocycles. The Labute approximate surface area is 228 Å². The van der Waals surface area contributed by atoms with Crippen LogP contribution in [0.4, 0.5) is 5.69 Å². The van der Waals surface area contributed by atoms with Gasteiger partial charge >= 0.3 is 0 Å². The van der Waals surface area contributed by atoms with E-state index in [1.54, 1.807) is 90.2 Å². The second kappa shape index (κ2) is 12.3. The van der Waals surface area contributed by atoms with Gasteiger partial charge in [-0.3, -0.25) is 14.4 Å². The van der Waals surface area contributed by atoms with Crippen molar-refractivity contribution < 1.29 is 14.4 Å². The average Bonchev–Trinajstić information content (AvgIpc) is 3.43. The Kier molecular flexibility index (Phi) is 8.69. The minimum Gasteiger partial charge on any atom is -0.321 e. The molecule has 2 amide bonds. The molecular formula is C29H20Cl2N2O3S. The fraction of sp³-hybridized carbons (Fsp3) is 0. The maximum Gasteiger partial charge on any atom is 0.272 e. The number of carbonyl (C=O) groups is 3. The van der Waals surface area contributed by atoms with E-state index in [4.69, 9.17) is 23.2 Å². The van der Waals surface area contributed by atoms with E-state index in [1.807, 2.05) is 16.8 Å². The van der Waals surface area contributed by atoms with Gasteiger partial charge in [0.2, 0.25) is 0 Å². The van der Waals surface area contributed by atoms with Gasteiger partial charge in [-0.15, -0.1) is 0 Å². The fourth-order valence-corrected chi connectivity index (χ4v) is 4.36. The molecule has 0 fully saturated rings. The van der Waals surface area contributed by atoms with Crippen molar-refractivity contribution in [1.29, 1.82) is 0 Å². The zero-order chi connectivity index (χ0) is 26.2. The van der Waals surface area contributed by atoms with Gasteiger partial charge in [0.25, 0.3) is 11.8 Å². The molecule has 0 saturated heterocycles. The maximum atomic E-state index is 13.2. The third-order valence-corrected chi connectivity index (χ3v) is 6.45. The molecule has 0 unspecified atom stereocenters. The van der Waals surface area contributed by atoms with E-state index in [2.05, 4.69) is 10.6 Å². The van der Waals surface area contributed by atoms with Gasteiger partial charge in [0, 0.05) is 26.9 Å². The number of thiophene rings is 1. The lowest BCUT2D eigenvalue weighted by molar-refractivity contribution is -0.113.